The van der Waals surface area contributed by atoms with Crippen LogP contribution in [0.15, 0.2) is 6.33 Å². The smallest absolute Gasteiger partial charge is 0.138 e. The van der Waals surface area contributed by atoms with E-state index in [1.165, 1.54) is 28.7 Å². The number of thiophene rings is 1. The first-order valence-electron chi connectivity index (χ1n) is 7.32. The Balaban J connectivity index is 1.92. The van der Waals surface area contributed by atoms with Crippen molar-refractivity contribution in [1.82, 2.24) is 9.97 Å². The van der Waals surface area contributed by atoms with E-state index < -0.39 is 0 Å². The van der Waals surface area contributed by atoms with E-state index in [9.17, 15) is 5.11 Å². The molecule has 0 saturated carbocycles. The highest BCUT2D eigenvalue weighted by Crippen LogP contribution is 2.39. The zero-order valence-electron chi connectivity index (χ0n) is 12.0. The van der Waals surface area contributed by atoms with Crippen molar-refractivity contribution in [3.8, 4) is 0 Å². The molecular formula is C15H21N3OS. The van der Waals surface area contributed by atoms with Crippen molar-refractivity contribution in [2.24, 2.45) is 5.92 Å². The molecule has 0 aromatic carbocycles. The highest BCUT2D eigenvalue weighted by Gasteiger charge is 2.22. The summed E-state index contributed by atoms with van der Waals surface area (Å²) in [7, 11) is 0. The Morgan fingerprint density at radius 1 is 1.50 bits per heavy atom. The molecule has 0 fully saturated rings. The van der Waals surface area contributed by atoms with Crippen LogP contribution in [0.3, 0.4) is 0 Å². The molecular weight excluding hydrogens is 270 g/mol. The van der Waals surface area contributed by atoms with Crippen LogP contribution in [0.25, 0.3) is 10.2 Å². The summed E-state index contributed by atoms with van der Waals surface area (Å²) >= 11 is 1.82. The first kappa shape index (κ1) is 13.8. The highest BCUT2D eigenvalue weighted by molar-refractivity contribution is 7.19. The lowest BCUT2D eigenvalue weighted by atomic mass is 9.89. The monoisotopic (exact) mass is 291 g/mol. The second-order valence-electron chi connectivity index (χ2n) is 5.82. The van der Waals surface area contributed by atoms with Gasteiger partial charge in [0.1, 0.15) is 17.0 Å². The third-order valence-electron chi connectivity index (χ3n) is 3.95. The number of anilines is 1. The summed E-state index contributed by atoms with van der Waals surface area (Å²) < 4.78 is 0. The summed E-state index contributed by atoms with van der Waals surface area (Å²) in [4.78, 5) is 11.4. The Bertz CT molecular complexity index is 608. The maximum Gasteiger partial charge on any atom is 0.138 e. The Labute approximate surface area is 123 Å². The molecule has 2 atom stereocenters. The van der Waals surface area contributed by atoms with E-state index in [0.29, 0.717) is 0 Å². The Morgan fingerprint density at radius 3 is 3.15 bits per heavy atom. The molecule has 4 nitrogen and oxygen atoms in total. The molecule has 0 bridgehead atoms. The number of aliphatic hydroxyl groups is 1. The van der Waals surface area contributed by atoms with Gasteiger partial charge in [0.2, 0.25) is 0 Å². The van der Waals surface area contributed by atoms with Crippen LogP contribution in [-0.2, 0) is 12.8 Å². The minimum absolute atomic E-state index is 0.280. The van der Waals surface area contributed by atoms with E-state index in [0.717, 1.165) is 36.0 Å². The second-order valence-corrected chi connectivity index (χ2v) is 6.90. The maximum absolute atomic E-state index is 9.35. The van der Waals surface area contributed by atoms with Gasteiger partial charge in [-0.15, -0.1) is 11.3 Å². The average Bonchev–Trinajstić information content (AvgIpc) is 2.76. The van der Waals surface area contributed by atoms with Crippen LogP contribution in [0.4, 0.5) is 5.82 Å². The lowest BCUT2D eigenvalue weighted by molar-refractivity contribution is 0.188. The summed E-state index contributed by atoms with van der Waals surface area (Å²) in [6.45, 7) is 4.87. The lowest BCUT2D eigenvalue weighted by Gasteiger charge is -2.18. The van der Waals surface area contributed by atoms with Gasteiger partial charge in [0, 0.05) is 11.4 Å². The SMILES string of the molecule is CC(O)CCNc1ncnc2sc3c(c12)CCC(C)C3. The van der Waals surface area contributed by atoms with Crippen molar-refractivity contribution >= 4 is 27.4 Å². The zero-order valence-corrected chi connectivity index (χ0v) is 12.8. The second kappa shape index (κ2) is 5.66. The van der Waals surface area contributed by atoms with Gasteiger partial charge in [0.25, 0.3) is 0 Å². The van der Waals surface area contributed by atoms with Crippen LogP contribution in [0.2, 0.25) is 0 Å². The molecule has 2 heterocycles. The summed E-state index contributed by atoms with van der Waals surface area (Å²) in [6, 6.07) is 0. The van der Waals surface area contributed by atoms with Crippen LogP contribution in [0.1, 0.15) is 37.1 Å². The number of aryl methyl sites for hydroxylation is 1. The molecule has 2 unspecified atom stereocenters. The fourth-order valence-electron chi connectivity index (χ4n) is 2.81. The predicted molar refractivity (Wildman–Crippen MR) is 83.4 cm³/mol. The van der Waals surface area contributed by atoms with Gasteiger partial charge >= 0.3 is 0 Å². The minimum Gasteiger partial charge on any atom is -0.393 e. The first-order valence-corrected chi connectivity index (χ1v) is 8.14. The summed E-state index contributed by atoms with van der Waals surface area (Å²) in [6.07, 6.45) is 5.64. The molecule has 0 spiro atoms. The van der Waals surface area contributed by atoms with Crippen molar-refractivity contribution in [3.63, 3.8) is 0 Å². The summed E-state index contributed by atoms with van der Waals surface area (Å²) in [5, 5.41) is 13.9. The standard InChI is InChI=1S/C15H21N3OS/c1-9-3-4-11-12(7-9)20-15-13(11)14(17-8-18-15)16-6-5-10(2)19/h8-10,19H,3-7H2,1-2H3,(H,16,17,18). The summed E-state index contributed by atoms with van der Waals surface area (Å²) in [5.41, 5.74) is 1.45. The molecule has 0 saturated heterocycles. The maximum atomic E-state index is 9.35. The number of nitrogens with zero attached hydrogens (tertiary/aromatic N) is 2. The number of nitrogens with one attached hydrogen (secondary N) is 1. The van der Waals surface area contributed by atoms with Gasteiger partial charge in [-0.25, -0.2) is 9.97 Å². The molecule has 1 aliphatic rings. The molecule has 5 heteroatoms. The van der Waals surface area contributed by atoms with Crippen LogP contribution in [0.5, 0.6) is 0 Å². The molecule has 20 heavy (non-hydrogen) atoms. The zero-order chi connectivity index (χ0) is 14.1. The Kier molecular flexibility index (Phi) is 3.89. The molecule has 0 radical (unpaired) electrons. The van der Waals surface area contributed by atoms with E-state index >= 15 is 0 Å². The molecule has 3 rings (SSSR count). The summed E-state index contributed by atoms with van der Waals surface area (Å²) in [5.74, 6) is 1.71. The Morgan fingerprint density at radius 2 is 2.35 bits per heavy atom. The van der Waals surface area contributed by atoms with Crippen LogP contribution in [0, 0.1) is 5.92 Å². The topological polar surface area (TPSA) is 58.0 Å². The molecule has 1 aliphatic carbocycles. The number of hydrogen-bond donors (Lipinski definition) is 2. The number of fused-ring (bicyclic) bond motifs is 3. The third-order valence-corrected chi connectivity index (χ3v) is 5.11. The highest BCUT2D eigenvalue weighted by atomic mass is 32.1. The first-order chi connectivity index (χ1) is 9.65. The van der Waals surface area contributed by atoms with Gasteiger partial charge in [-0.3, -0.25) is 0 Å². The van der Waals surface area contributed by atoms with E-state index in [-0.39, 0.29) is 6.10 Å². The van der Waals surface area contributed by atoms with Crippen LogP contribution >= 0.6 is 11.3 Å². The quantitative estimate of drug-likeness (QED) is 0.909. The normalized spacial score (nSPS) is 19.9. The fourth-order valence-corrected chi connectivity index (χ4v) is 4.16. The largest absolute Gasteiger partial charge is 0.393 e. The van der Waals surface area contributed by atoms with Crippen molar-refractivity contribution in [2.75, 3.05) is 11.9 Å². The Hall–Kier alpha value is -1.20. The van der Waals surface area contributed by atoms with Crippen molar-refractivity contribution in [1.29, 1.82) is 0 Å². The fraction of sp³-hybridized carbons (Fsp3) is 0.600. The molecule has 108 valence electrons. The van der Waals surface area contributed by atoms with Crippen molar-refractivity contribution in [2.45, 2.75) is 45.6 Å². The van der Waals surface area contributed by atoms with Gasteiger partial charge in [0.05, 0.1) is 11.5 Å². The van der Waals surface area contributed by atoms with Gasteiger partial charge in [0.15, 0.2) is 0 Å². The molecule has 2 N–H and O–H groups in total. The number of hydrogen-bond acceptors (Lipinski definition) is 5. The van der Waals surface area contributed by atoms with Gasteiger partial charge in [-0.2, -0.15) is 0 Å². The van der Waals surface area contributed by atoms with E-state index in [4.69, 9.17) is 0 Å². The lowest BCUT2D eigenvalue weighted by Crippen LogP contribution is -2.12. The van der Waals surface area contributed by atoms with Gasteiger partial charge in [-0.1, -0.05) is 6.92 Å². The van der Waals surface area contributed by atoms with Gasteiger partial charge in [-0.05, 0) is 44.1 Å². The minimum atomic E-state index is -0.280. The third kappa shape index (κ3) is 2.65. The number of aliphatic hydroxyl groups excluding tert-OH is 1. The van der Waals surface area contributed by atoms with E-state index in [1.54, 1.807) is 6.33 Å². The van der Waals surface area contributed by atoms with Crippen molar-refractivity contribution in [3.05, 3.63) is 16.8 Å². The molecule has 2 aromatic rings. The number of rotatable bonds is 4. The van der Waals surface area contributed by atoms with Crippen LogP contribution < -0.4 is 5.32 Å². The van der Waals surface area contributed by atoms with E-state index in [2.05, 4.69) is 22.2 Å². The molecule has 0 amide bonds. The van der Waals surface area contributed by atoms with Gasteiger partial charge < -0.3 is 10.4 Å². The van der Waals surface area contributed by atoms with E-state index in [1.807, 2.05) is 18.3 Å². The predicted octanol–water partition coefficient (Wildman–Crippen LogP) is 3.00. The van der Waals surface area contributed by atoms with Crippen molar-refractivity contribution < 1.29 is 5.11 Å². The number of aromatic nitrogens is 2. The molecule has 2 aromatic heterocycles. The molecule has 0 aliphatic heterocycles. The average molecular weight is 291 g/mol. The van der Waals surface area contributed by atoms with Crippen LogP contribution in [-0.4, -0.2) is 27.7 Å².